The van der Waals surface area contributed by atoms with Gasteiger partial charge in [-0.2, -0.15) is 0 Å². The number of anilines is 1. The molecule has 2 heterocycles. The number of nitrogens with one attached hydrogen (secondary N) is 3. The summed E-state index contributed by atoms with van der Waals surface area (Å²) in [6, 6.07) is 5.73. The van der Waals surface area contributed by atoms with E-state index in [9.17, 15) is 4.79 Å². The SMILES string of the molecule is NCC1(CNc2ccc3[nH]c(=O)[nH]c3c2)COC1. The minimum atomic E-state index is -0.187. The van der Waals surface area contributed by atoms with Crippen LogP contribution in [0.5, 0.6) is 0 Å². The molecule has 2 aromatic rings. The minimum absolute atomic E-state index is 0.0561. The van der Waals surface area contributed by atoms with Gasteiger partial charge in [0.05, 0.1) is 24.2 Å². The molecule has 5 N–H and O–H groups in total. The average Bonchev–Trinajstić information content (AvgIpc) is 2.67. The summed E-state index contributed by atoms with van der Waals surface area (Å²) in [5, 5.41) is 3.34. The van der Waals surface area contributed by atoms with Gasteiger partial charge >= 0.3 is 5.69 Å². The molecule has 0 aliphatic carbocycles. The van der Waals surface area contributed by atoms with E-state index >= 15 is 0 Å². The number of ether oxygens (including phenoxy) is 1. The summed E-state index contributed by atoms with van der Waals surface area (Å²) in [6.07, 6.45) is 0. The summed E-state index contributed by atoms with van der Waals surface area (Å²) in [5.74, 6) is 0. The van der Waals surface area contributed by atoms with Crippen LogP contribution in [0.4, 0.5) is 5.69 Å². The summed E-state index contributed by atoms with van der Waals surface area (Å²) in [7, 11) is 0. The molecule has 96 valence electrons. The molecule has 0 spiro atoms. The maximum atomic E-state index is 11.2. The largest absolute Gasteiger partial charge is 0.384 e. The minimum Gasteiger partial charge on any atom is -0.384 e. The van der Waals surface area contributed by atoms with Crippen molar-refractivity contribution in [3.63, 3.8) is 0 Å². The first-order valence-corrected chi connectivity index (χ1v) is 5.95. The first-order chi connectivity index (χ1) is 8.71. The van der Waals surface area contributed by atoms with E-state index in [1.54, 1.807) is 0 Å². The second-order valence-corrected chi connectivity index (χ2v) is 4.89. The molecule has 0 unspecified atom stereocenters. The monoisotopic (exact) mass is 248 g/mol. The van der Waals surface area contributed by atoms with Gasteiger partial charge in [-0.1, -0.05) is 0 Å². The Hall–Kier alpha value is -1.79. The maximum Gasteiger partial charge on any atom is 0.323 e. The first kappa shape index (κ1) is 11.3. The number of rotatable bonds is 4. The van der Waals surface area contributed by atoms with E-state index in [1.807, 2.05) is 18.2 Å². The Balaban J connectivity index is 1.76. The molecule has 1 saturated heterocycles. The zero-order chi connectivity index (χ0) is 12.6. The fraction of sp³-hybridized carbons (Fsp3) is 0.417. The van der Waals surface area contributed by atoms with Crippen LogP contribution in [0.2, 0.25) is 0 Å². The van der Waals surface area contributed by atoms with Crippen molar-refractivity contribution < 1.29 is 4.74 Å². The molecule has 1 aromatic heterocycles. The topological polar surface area (TPSA) is 95.9 Å². The predicted octanol–water partition coefficient (Wildman–Crippen LogP) is 0.243. The molecule has 0 bridgehead atoms. The standard InChI is InChI=1S/C12H16N4O2/c13-4-12(6-18-7-12)5-14-8-1-2-9-10(3-8)16-11(17)15-9/h1-3,14H,4-7,13H2,(H2,15,16,17). The molecular formula is C12H16N4O2. The lowest BCUT2D eigenvalue weighted by Gasteiger charge is -2.40. The van der Waals surface area contributed by atoms with Crippen LogP contribution >= 0.6 is 0 Å². The zero-order valence-electron chi connectivity index (χ0n) is 9.95. The Kier molecular flexibility index (Phi) is 2.61. The van der Waals surface area contributed by atoms with Crippen LogP contribution < -0.4 is 16.7 Å². The molecule has 3 rings (SSSR count). The molecule has 0 radical (unpaired) electrons. The molecule has 1 aliphatic heterocycles. The number of aromatic nitrogens is 2. The highest BCUT2D eigenvalue weighted by atomic mass is 16.5. The average molecular weight is 248 g/mol. The number of hydrogen-bond acceptors (Lipinski definition) is 4. The highest BCUT2D eigenvalue weighted by Gasteiger charge is 2.36. The van der Waals surface area contributed by atoms with E-state index in [0.29, 0.717) is 19.8 Å². The third-order valence-corrected chi connectivity index (χ3v) is 3.43. The number of aromatic amines is 2. The summed E-state index contributed by atoms with van der Waals surface area (Å²) >= 11 is 0. The van der Waals surface area contributed by atoms with Gasteiger partial charge in [-0.05, 0) is 18.2 Å². The summed E-state index contributed by atoms with van der Waals surface area (Å²) in [5.41, 5.74) is 8.21. The van der Waals surface area contributed by atoms with Gasteiger partial charge in [-0.3, -0.25) is 0 Å². The lowest BCUT2D eigenvalue weighted by molar-refractivity contribution is -0.0979. The van der Waals surface area contributed by atoms with Crippen molar-refractivity contribution in [1.82, 2.24) is 9.97 Å². The van der Waals surface area contributed by atoms with E-state index in [-0.39, 0.29) is 11.1 Å². The summed E-state index contributed by atoms with van der Waals surface area (Å²) in [6.45, 7) is 2.81. The maximum absolute atomic E-state index is 11.2. The number of hydrogen-bond donors (Lipinski definition) is 4. The lowest BCUT2D eigenvalue weighted by atomic mass is 9.86. The van der Waals surface area contributed by atoms with Gasteiger partial charge in [0.25, 0.3) is 0 Å². The fourth-order valence-electron chi connectivity index (χ4n) is 2.11. The Morgan fingerprint density at radius 2 is 2.11 bits per heavy atom. The van der Waals surface area contributed by atoms with E-state index in [1.165, 1.54) is 0 Å². The number of imidazole rings is 1. The smallest absolute Gasteiger partial charge is 0.323 e. The van der Waals surface area contributed by atoms with Crippen LogP contribution in [0, 0.1) is 5.41 Å². The van der Waals surface area contributed by atoms with Gasteiger partial charge in [0.2, 0.25) is 0 Å². The van der Waals surface area contributed by atoms with E-state index < -0.39 is 0 Å². The molecule has 1 aromatic carbocycles. The van der Waals surface area contributed by atoms with Crippen molar-refractivity contribution in [3.8, 4) is 0 Å². The normalized spacial score (nSPS) is 17.6. The quantitative estimate of drug-likeness (QED) is 0.623. The second-order valence-electron chi connectivity index (χ2n) is 4.89. The van der Waals surface area contributed by atoms with Crippen molar-refractivity contribution in [2.45, 2.75) is 0 Å². The number of fused-ring (bicyclic) bond motifs is 1. The first-order valence-electron chi connectivity index (χ1n) is 5.95. The van der Waals surface area contributed by atoms with Crippen molar-refractivity contribution in [1.29, 1.82) is 0 Å². The van der Waals surface area contributed by atoms with Crippen molar-refractivity contribution in [3.05, 3.63) is 28.7 Å². The predicted molar refractivity (Wildman–Crippen MR) is 69.7 cm³/mol. The molecule has 0 saturated carbocycles. The van der Waals surface area contributed by atoms with Crippen LogP contribution in [-0.4, -0.2) is 36.3 Å². The lowest BCUT2D eigenvalue weighted by Crippen LogP contribution is -2.52. The van der Waals surface area contributed by atoms with Gasteiger partial charge in [-0.25, -0.2) is 4.79 Å². The Morgan fingerprint density at radius 1 is 1.33 bits per heavy atom. The zero-order valence-corrected chi connectivity index (χ0v) is 9.95. The molecule has 1 aliphatic rings. The van der Waals surface area contributed by atoms with Crippen LogP contribution in [0.15, 0.2) is 23.0 Å². The molecule has 1 fully saturated rings. The van der Waals surface area contributed by atoms with Gasteiger partial charge < -0.3 is 25.8 Å². The fourth-order valence-corrected chi connectivity index (χ4v) is 2.11. The van der Waals surface area contributed by atoms with Crippen molar-refractivity contribution >= 4 is 16.7 Å². The molecule has 0 atom stereocenters. The Labute approximate surface area is 104 Å². The molecule has 6 heteroatoms. The molecule has 0 amide bonds. The number of benzene rings is 1. The van der Waals surface area contributed by atoms with E-state index in [2.05, 4.69) is 15.3 Å². The van der Waals surface area contributed by atoms with Crippen molar-refractivity contribution in [2.24, 2.45) is 11.1 Å². The number of H-pyrrole nitrogens is 2. The van der Waals surface area contributed by atoms with Gasteiger partial charge in [0, 0.05) is 24.2 Å². The van der Waals surface area contributed by atoms with Crippen LogP contribution in [0.1, 0.15) is 0 Å². The Morgan fingerprint density at radius 3 is 2.78 bits per heavy atom. The van der Waals surface area contributed by atoms with Gasteiger partial charge in [-0.15, -0.1) is 0 Å². The van der Waals surface area contributed by atoms with Crippen LogP contribution in [0.3, 0.4) is 0 Å². The second kappa shape index (κ2) is 4.15. The van der Waals surface area contributed by atoms with Crippen LogP contribution in [-0.2, 0) is 4.74 Å². The molecule has 6 nitrogen and oxygen atoms in total. The van der Waals surface area contributed by atoms with Crippen molar-refractivity contribution in [2.75, 3.05) is 31.6 Å². The highest BCUT2D eigenvalue weighted by molar-refractivity contribution is 5.78. The van der Waals surface area contributed by atoms with Gasteiger partial charge in [0.1, 0.15) is 0 Å². The Bertz CT molecular complexity index is 606. The summed E-state index contributed by atoms with van der Waals surface area (Å²) < 4.78 is 5.22. The third-order valence-electron chi connectivity index (χ3n) is 3.43. The van der Waals surface area contributed by atoms with E-state index in [0.717, 1.165) is 23.3 Å². The van der Waals surface area contributed by atoms with Gasteiger partial charge in [0.15, 0.2) is 0 Å². The third kappa shape index (κ3) is 1.89. The molecule has 18 heavy (non-hydrogen) atoms. The van der Waals surface area contributed by atoms with E-state index in [4.69, 9.17) is 10.5 Å². The van der Waals surface area contributed by atoms with Crippen LogP contribution in [0.25, 0.3) is 11.0 Å². The highest BCUT2D eigenvalue weighted by Crippen LogP contribution is 2.26. The summed E-state index contributed by atoms with van der Waals surface area (Å²) in [4.78, 5) is 16.6. The molecular weight excluding hydrogens is 232 g/mol. The number of nitrogens with two attached hydrogens (primary N) is 1.